The SMILES string of the molecule is CC1CCC2CC1(C)Cc1ccc3c(c1OCCCC(=O)C2(C)C)C=NC3=O. The highest BCUT2D eigenvalue weighted by Crippen LogP contribution is 2.52. The summed E-state index contributed by atoms with van der Waals surface area (Å²) in [5.74, 6) is 1.96. The van der Waals surface area contributed by atoms with Crippen LogP contribution in [-0.4, -0.2) is 24.5 Å². The van der Waals surface area contributed by atoms with Gasteiger partial charge in [0.1, 0.15) is 11.5 Å². The highest BCUT2D eigenvalue weighted by atomic mass is 16.5. The van der Waals surface area contributed by atoms with Gasteiger partial charge < -0.3 is 4.74 Å². The second kappa shape index (κ2) is 6.82. The van der Waals surface area contributed by atoms with Gasteiger partial charge in [-0.15, -0.1) is 0 Å². The molecule has 4 heteroatoms. The molecule has 150 valence electrons. The van der Waals surface area contributed by atoms with Gasteiger partial charge in [-0.1, -0.05) is 33.8 Å². The number of carbonyl (C=O) groups excluding carboxylic acids is 2. The molecule has 28 heavy (non-hydrogen) atoms. The zero-order valence-corrected chi connectivity index (χ0v) is 17.5. The first-order chi connectivity index (χ1) is 13.2. The third-order valence-electron chi connectivity index (χ3n) is 7.80. The van der Waals surface area contributed by atoms with Crippen molar-refractivity contribution in [2.75, 3.05) is 6.61 Å². The molecule has 2 aliphatic heterocycles. The van der Waals surface area contributed by atoms with Crippen LogP contribution in [0.5, 0.6) is 5.75 Å². The van der Waals surface area contributed by atoms with Gasteiger partial charge in [0.05, 0.1) is 12.2 Å². The molecular formula is C24H31NO3. The topological polar surface area (TPSA) is 55.7 Å². The number of aliphatic imine (C=N–C) groups is 1. The third-order valence-corrected chi connectivity index (χ3v) is 7.80. The summed E-state index contributed by atoms with van der Waals surface area (Å²) >= 11 is 0. The summed E-state index contributed by atoms with van der Waals surface area (Å²) in [6, 6.07) is 3.96. The summed E-state index contributed by atoms with van der Waals surface area (Å²) in [6.07, 6.45) is 7.13. The average Bonchev–Trinajstić information content (AvgIpc) is 3.02. The van der Waals surface area contributed by atoms with Crippen LogP contribution in [0.1, 0.15) is 81.3 Å². The molecule has 1 fully saturated rings. The van der Waals surface area contributed by atoms with E-state index in [-0.39, 0.29) is 16.7 Å². The van der Waals surface area contributed by atoms with Crippen molar-refractivity contribution in [2.45, 2.75) is 66.2 Å². The largest absolute Gasteiger partial charge is 0.493 e. The molecule has 4 rings (SSSR count). The summed E-state index contributed by atoms with van der Waals surface area (Å²) in [5.41, 5.74) is 2.43. The molecule has 3 aliphatic rings. The minimum Gasteiger partial charge on any atom is -0.493 e. The van der Waals surface area contributed by atoms with E-state index >= 15 is 0 Å². The first-order valence-electron chi connectivity index (χ1n) is 10.6. The number of ketones is 1. The normalized spacial score (nSPS) is 32.0. The van der Waals surface area contributed by atoms with E-state index in [4.69, 9.17) is 4.74 Å². The van der Waals surface area contributed by atoms with E-state index in [1.54, 1.807) is 6.21 Å². The minimum atomic E-state index is -0.277. The average molecular weight is 382 g/mol. The van der Waals surface area contributed by atoms with Crippen molar-refractivity contribution < 1.29 is 14.3 Å². The first-order valence-corrected chi connectivity index (χ1v) is 10.6. The Morgan fingerprint density at radius 3 is 2.71 bits per heavy atom. The highest BCUT2D eigenvalue weighted by Gasteiger charge is 2.46. The van der Waals surface area contributed by atoms with E-state index in [1.165, 1.54) is 5.56 Å². The molecule has 4 nitrogen and oxygen atoms in total. The van der Waals surface area contributed by atoms with Gasteiger partial charge in [0.15, 0.2) is 0 Å². The number of amides is 1. The number of Topliss-reactive ketones (excluding diaryl/α,β-unsaturated/α-hetero) is 1. The maximum Gasteiger partial charge on any atom is 0.277 e. The number of rotatable bonds is 0. The van der Waals surface area contributed by atoms with E-state index in [1.807, 2.05) is 6.07 Å². The summed E-state index contributed by atoms with van der Waals surface area (Å²) in [5, 5.41) is 0. The zero-order valence-electron chi connectivity index (χ0n) is 17.5. The van der Waals surface area contributed by atoms with E-state index in [2.05, 4.69) is 38.8 Å². The van der Waals surface area contributed by atoms with Crippen LogP contribution in [0.2, 0.25) is 0 Å². The Bertz CT molecular complexity index is 854. The van der Waals surface area contributed by atoms with E-state index in [0.717, 1.165) is 37.0 Å². The van der Waals surface area contributed by atoms with Gasteiger partial charge in [0.25, 0.3) is 5.91 Å². The van der Waals surface area contributed by atoms with E-state index < -0.39 is 0 Å². The van der Waals surface area contributed by atoms with Crippen molar-refractivity contribution in [2.24, 2.45) is 27.7 Å². The lowest BCUT2D eigenvalue weighted by atomic mass is 9.56. The second-order valence-electron chi connectivity index (χ2n) is 9.89. The molecular weight excluding hydrogens is 350 g/mol. The fraction of sp³-hybridized carbons (Fsp3) is 0.625. The van der Waals surface area contributed by atoms with Gasteiger partial charge >= 0.3 is 0 Å². The fourth-order valence-corrected chi connectivity index (χ4v) is 5.38. The molecule has 3 atom stereocenters. The molecule has 1 aliphatic carbocycles. The monoisotopic (exact) mass is 381 g/mol. The predicted octanol–water partition coefficient (Wildman–Crippen LogP) is 5.01. The molecule has 0 spiro atoms. The van der Waals surface area contributed by atoms with Crippen LogP contribution in [0.4, 0.5) is 0 Å². The summed E-state index contributed by atoms with van der Waals surface area (Å²) in [7, 11) is 0. The minimum absolute atomic E-state index is 0.103. The number of carbonyl (C=O) groups is 2. The van der Waals surface area contributed by atoms with Crippen LogP contribution in [0.3, 0.4) is 0 Å². The molecule has 2 bridgehead atoms. The van der Waals surface area contributed by atoms with Crippen LogP contribution >= 0.6 is 0 Å². The van der Waals surface area contributed by atoms with Crippen LogP contribution in [0.25, 0.3) is 0 Å². The molecule has 1 aromatic carbocycles. The fourth-order valence-electron chi connectivity index (χ4n) is 5.38. The van der Waals surface area contributed by atoms with Gasteiger partial charge in [0.2, 0.25) is 0 Å². The Morgan fingerprint density at radius 1 is 1.14 bits per heavy atom. The number of hydrogen-bond acceptors (Lipinski definition) is 3. The molecule has 3 unspecified atom stereocenters. The van der Waals surface area contributed by atoms with Gasteiger partial charge in [-0.2, -0.15) is 0 Å². The third kappa shape index (κ3) is 3.11. The summed E-state index contributed by atoms with van der Waals surface area (Å²) in [4.78, 5) is 29.0. The predicted molar refractivity (Wildman–Crippen MR) is 110 cm³/mol. The molecule has 2 heterocycles. The smallest absolute Gasteiger partial charge is 0.277 e. The standard InChI is InChI=1S/C24H31NO3/c1-15-7-9-17-13-24(15,4)12-16-8-10-18-19(14-25-22(18)27)21(16)28-11-5-6-20(26)23(17,2)3/h8,10,14-15,17H,5-7,9,11-13H2,1-4H3. The van der Waals surface area contributed by atoms with Crippen LogP contribution in [-0.2, 0) is 11.2 Å². The molecule has 1 saturated carbocycles. The van der Waals surface area contributed by atoms with Gasteiger partial charge in [-0.05, 0) is 61.0 Å². The molecule has 0 saturated heterocycles. The van der Waals surface area contributed by atoms with Gasteiger partial charge in [-0.25, -0.2) is 4.99 Å². The quantitative estimate of drug-likeness (QED) is 0.634. The van der Waals surface area contributed by atoms with Crippen LogP contribution in [0.15, 0.2) is 17.1 Å². The Hall–Kier alpha value is -1.97. The van der Waals surface area contributed by atoms with Crippen LogP contribution in [0, 0.1) is 22.7 Å². The van der Waals surface area contributed by atoms with Gasteiger partial charge in [0, 0.05) is 23.6 Å². The lowest BCUT2D eigenvalue weighted by Gasteiger charge is -2.48. The number of hydrogen-bond donors (Lipinski definition) is 0. The lowest BCUT2D eigenvalue weighted by molar-refractivity contribution is -0.132. The Morgan fingerprint density at radius 2 is 1.93 bits per heavy atom. The number of nitrogens with zero attached hydrogens (tertiary/aromatic N) is 1. The lowest BCUT2D eigenvalue weighted by Crippen LogP contribution is -2.43. The first kappa shape index (κ1) is 19.4. The Labute approximate surface area is 167 Å². The van der Waals surface area contributed by atoms with Crippen molar-refractivity contribution in [1.82, 2.24) is 0 Å². The van der Waals surface area contributed by atoms with Crippen LogP contribution < -0.4 is 4.74 Å². The maximum atomic E-state index is 13.0. The maximum absolute atomic E-state index is 13.0. The Balaban J connectivity index is 1.77. The van der Waals surface area contributed by atoms with Crippen molar-refractivity contribution in [3.05, 3.63) is 28.8 Å². The second-order valence-corrected chi connectivity index (χ2v) is 9.89. The summed E-state index contributed by atoms with van der Waals surface area (Å²) in [6.45, 7) is 9.49. The van der Waals surface area contributed by atoms with Gasteiger partial charge in [-0.3, -0.25) is 9.59 Å². The van der Waals surface area contributed by atoms with E-state index in [0.29, 0.717) is 42.6 Å². The van der Waals surface area contributed by atoms with E-state index in [9.17, 15) is 9.59 Å². The van der Waals surface area contributed by atoms with Crippen molar-refractivity contribution >= 4 is 17.9 Å². The van der Waals surface area contributed by atoms with Crippen molar-refractivity contribution in [3.8, 4) is 5.75 Å². The number of fused-ring (bicyclic) bond motifs is 5. The van der Waals surface area contributed by atoms with Crippen molar-refractivity contribution in [1.29, 1.82) is 0 Å². The van der Waals surface area contributed by atoms with Crippen molar-refractivity contribution in [3.63, 3.8) is 0 Å². The molecule has 1 amide bonds. The molecule has 0 N–H and O–H groups in total. The number of ether oxygens (including phenoxy) is 1. The molecule has 0 radical (unpaired) electrons. The molecule has 0 aromatic heterocycles. The number of benzene rings is 1. The Kier molecular flexibility index (Phi) is 4.71. The summed E-state index contributed by atoms with van der Waals surface area (Å²) < 4.78 is 6.19. The highest BCUT2D eigenvalue weighted by molar-refractivity contribution is 6.14. The molecule has 1 aromatic rings. The zero-order chi connectivity index (χ0) is 20.1.